The first-order chi connectivity index (χ1) is 6.95. The Morgan fingerprint density at radius 3 is 2.67 bits per heavy atom. The molecule has 0 radical (unpaired) electrons. The Kier molecular flexibility index (Phi) is 3.52. The van der Waals surface area contributed by atoms with Crippen LogP contribution in [0, 0.1) is 0 Å². The van der Waals surface area contributed by atoms with Crippen LogP contribution in [0.5, 0.6) is 0 Å². The molecule has 3 nitrogen and oxygen atoms in total. The van der Waals surface area contributed by atoms with Gasteiger partial charge in [-0.1, -0.05) is 11.6 Å². The van der Waals surface area contributed by atoms with Crippen molar-refractivity contribution in [3.63, 3.8) is 0 Å². The first kappa shape index (κ1) is 11.8. The van der Waals surface area contributed by atoms with Gasteiger partial charge in [0.2, 0.25) is 0 Å². The molecule has 0 spiro atoms. The number of rotatable bonds is 2. The summed E-state index contributed by atoms with van der Waals surface area (Å²) in [6.45, 7) is 0. The Hall–Kier alpha value is -1.30. The van der Waals surface area contributed by atoms with Gasteiger partial charge in [-0.25, -0.2) is 0 Å². The molecule has 0 unspecified atom stereocenters. The maximum Gasteiger partial charge on any atom is 0.417 e. The minimum Gasteiger partial charge on any atom is -0.313 e. The minimum absolute atomic E-state index is 0.0937. The van der Waals surface area contributed by atoms with Crippen LogP contribution < -0.4 is 5.43 Å². The average Bonchev–Trinajstić information content (AvgIpc) is 2.14. The molecule has 1 heterocycles. The van der Waals surface area contributed by atoms with Crippen molar-refractivity contribution in [3.8, 4) is 0 Å². The second kappa shape index (κ2) is 4.48. The van der Waals surface area contributed by atoms with Crippen LogP contribution in [0.4, 0.5) is 13.2 Å². The highest BCUT2D eigenvalue weighted by Gasteiger charge is 2.31. The zero-order chi connectivity index (χ0) is 11.5. The monoisotopic (exact) mass is 237 g/mol. The molecule has 0 atom stereocenters. The summed E-state index contributed by atoms with van der Waals surface area (Å²) >= 11 is 5.59. The predicted octanol–water partition coefficient (Wildman–Crippen LogP) is 2.31. The van der Waals surface area contributed by atoms with Crippen LogP contribution in [0.3, 0.4) is 0 Å². The summed E-state index contributed by atoms with van der Waals surface area (Å²) in [6, 6.07) is 0.811. The molecule has 82 valence electrons. The number of pyridine rings is 1. The first-order valence-corrected chi connectivity index (χ1v) is 4.25. The number of hydrazone groups is 1. The van der Waals surface area contributed by atoms with E-state index in [2.05, 4.69) is 15.5 Å². The molecule has 1 aromatic heterocycles. The second-order valence-electron chi connectivity index (χ2n) is 2.57. The third-order valence-electron chi connectivity index (χ3n) is 1.51. The van der Waals surface area contributed by atoms with Crippen molar-refractivity contribution in [3.05, 3.63) is 28.5 Å². The molecular formula is C8H7ClF3N3. The molecule has 0 amide bonds. The lowest BCUT2D eigenvalue weighted by Gasteiger charge is -2.06. The van der Waals surface area contributed by atoms with E-state index in [1.54, 1.807) is 7.05 Å². The fourth-order valence-electron chi connectivity index (χ4n) is 0.824. The molecule has 7 heteroatoms. The maximum absolute atomic E-state index is 12.2. The highest BCUT2D eigenvalue weighted by molar-refractivity contribution is 6.32. The average molecular weight is 238 g/mol. The predicted molar refractivity (Wildman–Crippen MR) is 50.9 cm³/mol. The summed E-state index contributed by atoms with van der Waals surface area (Å²) in [4.78, 5) is 3.54. The van der Waals surface area contributed by atoms with Crippen molar-refractivity contribution < 1.29 is 13.2 Å². The number of aromatic nitrogens is 1. The summed E-state index contributed by atoms with van der Waals surface area (Å²) in [7, 11) is 1.55. The Labute approximate surface area is 89.0 Å². The van der Waals surface area contributed by atoms with Gasteiger partial charge >= 0.3 is 6.18 Å². The van der Waals surface area contributed by atoms with Crippen LogP contribution in [-0.2, 0) is 6.18 Å². The molecule has 15 heavy (non-hydrogen) atoms. The molecule has 0 aliphatic heterocycles. The highest BCUT2D eigenvalue weighted by atomic mass is 35.5. The molecule has 1 aromatic rings. The van der Waals surface area contributed by atoms with E-state index in [1.807, 2.05) is 0 Å². The van der Waals surface area contributed by atoms with Crippen LogP contribution in [0.25, 0.3) is 0 Å². The molecule has 0 fully saturated rings. The third kappa shape index (κ3) is 3.09. The van der Waals surface area contributed by atoms with E-state index in [4.69, 9.17) is 11.6 Å². The fourth-order valence-corrected chi connectivity index (χ4v) is 1.04. The van der Waals surface area contributed by atoms with Gasteiger partial charge in [-0.05, 0) is 6.07 Å². The fraction of sp³-hybridized carbons (Fsp3) is 0.250. The van der Waals surface area contributed by atoms with E-state index in [9.17, 15) is 13.2 Å². The highest BCUT2D eigenvalue weighted by Crippen LogP contribution is 2.30. The van der Waals surface area contributed by atoms with Crippen LogP contribution in [0.15, 0.2) is 17.4 Å². The summed E-state index contributed by atoms with van der Waals surface area (Å²) in [6.07, 6.45) is -2.49. The van der Waals surface area contributed by atoms with E-state index >= 15 is 0 Å². The number of nitrogens with one attached hydrogen (secondary N) is 1. The Morgan fingerprint density at radius 1 is 1.53 bits per heavy atom. The largest absolute Gasteiger partial charge is 0.417 e. The van der Waals surface area contributed by atoms with Gasteiger partial charge in [-0.3, -0.25) is 4.98 Å². The van der Waals surface area contributed by atoms with Crippen molar-refractivity contribution in [1.82, 2.24) is 10.4 Å². The van der Waals surface area contributed by atoms with Crippen molar-refractivity contribution in [2.24, 2.45) is 5.10 Å². The lowest BCUT2D eigenvalue weighted by atomic mass is 10.2. The van der Waals surface area contributed by atoms with Gasteiger partial charge in [0.25, 0.3) is 0 Å². The Morgan fingerprint density at radius 2 is 2.20 bits per heavy atom. The first-order valence-electron chi connectivity index (χ1n) is 3.87. The second-order valence-corrected chi connectivity index (χ2v) is 2.98. The molecule has 1 rings (SSSR count). The van der Waals surface area contributed by atoms with Crippen molar-refractivity contribution in [2.75, 3.05) is 7.05 Å². The van der Waals surface area contributed by atoms with E-state index in [-0.39, 0.29) is 10.7 Å². The zero-order valence-corrected chi connectivity index (χ0v) is 8.39. The standard InChI is InChI=1S/C8H7ClF3N3/c1-13-15-4-7-6(9)2-5(3-14-7)8(10,11)12/h2-4,13H,1H3. The van der Waals surface area contributed by atoms with Crippen LogP contribution in [0.1, 0.15) is 11.3 Å². The number of halogens is 4. The minimum atomic E-state index is -4.44. The van der Waals surface area contributed by atoms with Gasteiger partial charge < -0.3 is 5.43 Å². The topological polar surface area (TPSA) is 37.3 Å². The number of nitrogens with zero attached hydrogens (tertiary/aromatic N) is 2. The summed E-state index contributed by atoms with van der Waals surface area (Å²) < 4.78 is 36.6. The third-order valence-corrected chi connectivity index (χ3v) is 1.82. The molecule has 0 saturated carbocycles. The molecular weight excluding hydrogens is 231 g/mol. The quantitative estimate of drug-likeness (QED) is 0.633. The lowest BCUT2D eigenvalue weighted by molar-refractivity contribution is -0.137. The van der Waals surface area contributed by atoms with Gasteiger partial charge in [0.05, 0.1) is 16.8 Å². The van der Waals surface area contributed by atoms with Crippen LogP contribution >= 0.6 is 11.6 Å². The summed E-state index contributed by atoms with van der Waals surface area (Å²) in [5.74, 6) is 0. The number of alkyl halides is 3. The van der Waals surface area contributed by atoms with Gasteiger partial charge in [0.1, 0.15) is 5.69 Å². The summed E-state index contributed by atoms with van der Waals surface area (Å²) in [5, 5.41) is 3.50. The number of hydrogen-bond acceptors (Lipinski definition) is 3. The zero-order valence-electron chi connectivity index (χ0n) is 7.64. The van der Waals surface area contributed by atoms with E-state index in [0.717, 1.165) is 6.07 Å². The van der Waals surface area contributed by atoms with Crippen LogP contribution in [0.2, 0.25) is 5.02 Å². The van der Waals surface area contributed by atoms with Crippen molar-refractivity contribution in [1.29, 1.82) is 0 Å². The molecule has 0 saturated heterocycles. The summed E-state index contributed by atoms with van der Waals surface area (Å²) in [5.41, 5.74) is 1.74. The maximum atomic E-state index is 12.2. The SMILES string of the molecule is CNN=Cc1ncc(C(F)(F)F)cc1Cl. The molecule has 0 aromatic carbocycles. The van der Waals surface area contributed by atoms with Gasteiger partial charge in [0.15, 0.2) is 0 Å². The molecule has 1 N–H and O–H groups in total. The van der Waals surface area contributed by atoms with Crippen molar-refractivity contribution >= 4 is 17.8 Å². The van der Waals surface area contributed by atoms with Crippen molar-refractivity contribution in [2.45, 2.75) is 6.18 Å². The van der Waals surface area contributed by atoms with Crippen LogP contribution in [-0.4, -0.2) is 18.2 Å². The van der Waals surface area contributed by atoms with E-state index in [0.29, 0.717) is 6.20 Å². The van der Waals surface area contributed by atoms with Gasteiger partial charge in [-0.15, -0.1) is 0 Å². The van der Waals surface area contributed by atoms with Gasteiger partial charge in [0, 0.05) is 13.2 Å². The molecule has 0 aliphatic carbocycles. The van der Waals surface area contributed by atoms with Gasteiger partial charge in [-0.2, -0.15) is 18.3 Å². The lowest BCUT2D eigenvalue weighted by Crippen LogP contribution is -2.07. The molecule has 0 aliphatic rings. The number of hydrogen-bond donors (Lipinski definition) is 1. The normalized spacial score (nSPS) is 12.1. The molecule has 0 bridgehead atoms. The smallest absolute Gasteiger partial charge is 0.313 e. The van der Waals surface area contributed by atoms with E-state index < -0.39 is 11.7 Å². The van der Waals surface area contributed by atoms with E-state index in [1.165, 1.54) is 6.21 Å². The Balaban J connectivity index is 3.04. The Bertz CT molecular complexity index is 376.